The average molecular weight is 567 g/mol. The first kappa shape index (κ1) is 28.9. The molecule has 3 aromatic carbocycles. The topological polar surface area (TPSA) is 102 Å². The van der Waals surface area contributed by atoms with Crippen LogP contribution in [-0.4, -0.2) is 71.7 Å². The van der Waals surface area contributed by atoms with Crippen molar-refractivity contribution in [1.29, 1.82) is 0 Å². The fourth-order valence-corrected chi connectivity index (χ4v) is 5.94. The third kappa shape index (κ3) is 6.93. The monoisotopic (exact) mass is 566 g/mol. The molecule has 1 aliphatic rings. The molecule has 0 aromatic heterocycles. The van der Waals surface area contributed by atoms with Gasteiger partial charge in [0.15, 0.2) is 16.4 Å². The number of carbonyl (C=O) groups excluding carboxylic acids is 2. The Morgan fingerprint density at radius 2 is 1.62 bits per heavy atom. The van der Waals surface area contributed by atoms with Gasteiger partial charge in [-0.05, 0) is 61.4 Å². The van der Waals surface area contributed by atoms with Crippen molar-refractivity contribution in [2.45, 2.75) is 24.5 Å². The second-order valence-electron chi connectivity index (χ2n) is 9.42. The summed E-state index contributed by atoms with van der Waals surface area (Å²) in [5.41, 5.74) is 2.65. The molecule has 212 valence electrons. The van der Waals surface area contributed by atoms with Crippen LogP contribution in [0.2, 0.25) is 0 Å². The first-order valence-corrected chi connectivity index (χ1v) is 14.7. The molecule has 0 bridgehead atoms. The summed E-state index contributed by atoms with van der Waals surface area (Å²) < 4.78 is 42.2. The van der Waals surface area contributed by atoms with E-state index in [1.807, 2.05) is 31.2 Å². The molecule has 0 unspecified atom stereocenters. The summed E-state index contributed by atoms with van der Waals surface area (Å²) in [4.78, 5) is 29.0. The number of piperazine rings is 1. The standard InChI is InChI=1S/C30H34N2O7S/c1-4-38-29(33)20-39-24-12-10-23(11-13-24)21-40(35,36)25-14-9-22(2)26(19-25)30(34)32-17-15-31(16-18-32)27-7-5-6-8-28(27)37-3/h5-14,19H,4,15-18,20-21H2,1-3H3. The van der Waals surface area contributed by atoms with Gasteiger partial charge in [-0.3, -0.25) is 4.79 Å². The summed E-state index contributed by atoms with van der Waals surface area (Å²) in [6.07, 6.45) is 0. The Kier molecular flexibility index (Phi) is 9.31. The number of anilines is 1. The maximum absolute atomic E-state index is 13.5. The molecular weight excluding hydrogens is 532 g/mol. The van der Waals surface area contributed by atoms with Gasteiger partial charge >= 0.3 is 5.97 Å². The van der Waals surface area contributed by atoms with Crippen LogP contribution in [0.25, 0.3) is 0 Å². The SMILES string of the molecule is CCOC(=O)COc1ccc(CS(=O)(=O)c2ccc(C)c(C(=O)N3CCN(c4ccccc4OC)CC3)c2)cc1. The van der Waals surface area contributed by atoms with Crippen molar-refractivity contribution in [1.82, 2.24) is 4.90 Å². The summed E-state index contributed by atoms with van der Waals surface area (Å²) in [7, 11) is -2.08. The predicted octanol–water partition coefficient (Wildman–Crippen LogP) is 3.88. The fraction of sp³-hybridized carbons (Fsp3) is 0.333. The van der Waals surface area contributed by atoms with E-state index in [2.05, 4.69) is 4.90 Å². The first-order valence-electron chi connectivity index (χ1n) is 13.1. The number of sulfone groups is 1. The maximum Gasteiger partial charge on any atom is 0.344 e. The highest BCUT2D eigenvalue weighted by atomic mass is 32.2. The highest BCUT2D eigenvalue weighted by Gasteiger charge is 2.26. The number of hydrogen-bond acceptors (Lipinski definition) is 8. The molecule has 10 heteroatoms. The molecule has 9 nitrogen and oxygen atoms in total. The molecule has 0 spiro atoms. The number of amides is 1. The molecule has 0 radical (unpaired) electrons. The number of ether oxygens (including phenoxy) is 3. The van der Waals surface area contributed by atoms with E-state index < -0.39 is 15.8 Å². The number of hydrogen-bond donors (Lipinski definition) is 0. The zero-order chi connectivity index (χ0) is 28.7. The van der Waals surface area contributed by atoms with Gasteiger partial charge in [0.1, 0.15) is 11.5 Å². The quantitative estimate of drug-likeness (QED) is 0.341. The van der Waals surface area contributed by atoms with Crippen molar-refractivity contribution in [2.24, 2.45) is 0 Å². The largest absolute Gasteiger partial charge is 0.495 e. The second-order valence-corrected chi connectivity index (χ2v) is 11.4. The van der Waals surface area contributed by atoms with E-state index in [1.165, 1.54) is 12.1 Å². The lowest BCUT2D eigenvalue weighted by atomic mass is 10.1. The van der Waals surface area contributed by atoms with Gasteiger partial charge in [-0.15, -0.1) is 0 Å². The van der Waals surface area contributed by atoms with Crippen LogP contribution in [0.4, 0.5) is 5.69 Å². The Morgan fingerprint density at radius 1 is 0.925 bits per heavy atom. The Labute approximate surface area is 235 Å². The molecule has 0 N–H and O–H groups in total. The van der Waals surface area contributed by atoms with Crippen LogP contribution in [-0.2, 0) is 25.1 Å². The zero-order valence-corrected chi connectivity index (χ0v) is 23.8. The Bertz CT molecular complexity index is 1450. The molecule has 1 amide bonds. The van der Waals surface area contributed by atoms with Gasteiger partial charge in [-0.1, -0.05) is 30.3 Å². The molecule has 0 saturated carbocycles. The lowest BCUT2D eigenvalue weighted by Crippen LogP contribution is -2.49. The summed E-state index contributed by atoms with van der Waals surface area (Å²) in [6.45, 7) is 5.88. The van der Waals surface area contributed by atoms with Gasteiger partial charge in [-0.25, -0.2) is 13.2 Å². The van der Waals surface area contributed by atoms with Crippen molar-refractivity contribution < 1.29 is 32.2 Å². The van der Waals surface area contributed by atoms with Crippen LogP contribution >= 0.6 is 0 Å². The van der Waals surface area contributed by atoms with Gasteiger partial charge in [0.25, 0.3) is 5.91 Å². The van der Waals surface area contributed by atoms with E-state index in [4.69, 9.17) is 14.2 Å². The third-order valence-electron chi connectivity index (χ3n) is 6.73. The molecule has 0 atom stereocenters. The van der Waals surface area contributed by atoms with E-state index in [0.29, 0.717) is 43.1 Å². The number of benzene rings is 3. The Morgan fingerprint density at radius 3 is 2.30 bits per heavy atom. The van der Waals surface area contributed by atoms with E-state index in [9.17, 15) is 18.0 Å². The minimum atomic E-state index is -3.72. The van der Waals surface area contributed by atoms with Crippen LogP contribution in [0.15, 0.2) is 71.6 Å². The minimum absolute atomic E-state index is 0.0942. The lowest BCUT2D eigenvalue weighted by molar-refractivity contribution is -0.145. The fourth-order valence-electron chi connectivity index (χ4n) is 4.57. The maximum atomic E-state index is 13.5. The van der Waals surface area contributed by atoms with Crippen molar-refractivity contribution in [3.05, 3.63) is 83.4 Å². The van der Waals surface area contributed by atoms with Crippen molar-refractivity contribution >= 4 is 27.4 Å². The van der Waals surface area contributed by atoms with Crippen LogP contribution in [0.1, 0.15) is 28.4 Å². The van der Waals surface area contributed by atoms with Gasteiger partial charge in [0, 0.05) is 31.7 Å². The summed E-state index contributed by atoms with van der Waals surface area (Å²) in [6, 6.07) is 19.0. The highest BCUT2D eigenvalue weighted by Crippen LogP contribution is 2.29. The number of rotatable bonds is 10. The Hall–Kier alpha value is -4.05. The average Bonchev–Trinajstić information content (AvgIpc) is 2.96. The Balaban J connectivity index is 1.42. The van der Waals surface area contributed by atoms with Gasteiger partial charge in [0.2, 0.25) is 0 Å². The van der Waals surface area contributed by atoms with Gasteiger partial charge < -0.3 is 24.0 Å². The second kappa shape index (κ2) is 12.9. The highest BCUT2D eigenvalue weighted by molar-refractivity contribution is 7.90. The molecule has 1 aliphatic heterocycles. The molecule has 3 aromatic rings. The summed E-state index contributed by atoms with van der Waals surface area (Å²) in [5, 5.41) is 0. The minimum Gasteiger partial charge on any atom is -0.495 e. The van der Waals surface area contributed by atoms with Crippen molar-refractivity contribution in [3.63, 3.8) is 0 Å². The number of esters is 1. The number of nitrogens with zero attached hydrogens (tertiary/aromatic N) is 2. The number of methoxy groups -OCH3 is 1. The third-order valence-corrected chi connectivity index (χ3v) is 8.42. The summed E-state index contributed by atoms with van der Waals surface area (Å²) in [5.74, 6) is 0.326. The molecule has 1 heterocycles. The van der Waals surface area contributed by atoms with Crippen LogP contribution in [0.5, 0.6) is 11.5 Å². The molecule has 0 aliphatic carbocycles. The van der Waals surface area contributed by atoms with E-state index in [0.717, 1.165) is 17.0 Å². The van der Waals surface area contributed by atoms with Gasteiger partial charge in [-0.2, -0.15) is 0 Å². The molecule has 1 saturated heterocycles. The van der Waals surface area contributed by atoms with Crippen LogP contribution < -0.4 is 14.4 Å². The molecule has 40 heavy (non-hydrogen) atoms. The zero-order valence-electron chi connectivity index (χ0n) is 23.0. The summed E-state index contributed by atoms with van der Waals surface area (Å²) >= 11 is 0. The van der Waals surface area contributed by atoms with Crippen molar-refractivity contribution in [2.75, 3.05) is 51.4 Å². The number of aryl methyl sites for hydroxylation is 1. The smallest absolute Gasteiger partial charge is 0.344 e. The van der Waals surface area contributed by atoms with Crippen molar-refractivity contribution in [3.8, 4) is 11.5 Å². The van der Waals surface area contributed by atoms with E-state index in [-0.39, 0.29) is 29.8 Å². The lowest BCUT2D eigenvalue weighted by Gasteiger charge is -2.36. The van der Waals surface area contributed by atoms with Crippen LogP contribution in [0, 0.1) is 6.92 Å². The molecular formula is C30H34N2O7S. The molecule has 1 fully saturated rings. The number of para-hydroxylation sites is 2. The predicted molar refractivity (Wildman–Crippen MR) is 152 cm³/mol. The van der Waals surface area contributed by atoms with Gasteiger partial charge in [0.05, 0.1) is 30.1 Å². The number of carbonyl (C=O) groups is 2. The van der Waals surface area contributed by atoms with Crippen LogP contribution in [0.3, 0.4) is 0 Å². The van der Waals surface area contributed by atoms with E-state index in [1.54, 1.807) is 49.3 Å². The molecule has 4 rings (SSSR count). The van der Waals surface area contributed by atoms with E-state index >= 15 is 0 Å². The first-order chi connectivity index (χ1) is 19.2. The normalized spacial score (nSPS) is 13.6.